The van der Waals surface area contributed by atoms with Crippen LogP contribution in [0.2, 0.25) is 0 Å². The molecule has 0 unspecified atom stereocenters. The zero-order chi connectivity index (χ0) is 19.9. The number of rotatable bonds is 7. The van der Waals surface area contributed by atoms with Gasteiger partial charge < -0.3 is 5.32 Å². The number of carbonyl (C=O) groups excluding carboxylic acids is 1. The molecule has 0 radical (unpaired) electrons. The number of carbonyl (C=O) groups is 1. The summed E-state index contributed by atoms with van der Waals surface area (Å²) in [5.41, 5.74) is 2.83. The highest BCUT2D eigenvalue weighted by atomic mass is 16.1. The molecular weight excluding hydrogens is 342 g/mol. The van der Waals surface area contributed by atoms with E-state index in [4.69, 9.17) is 0 Å². The molecule has 1 aromatic rings. The van der Waals surface area contributed by atoms with Gasteiger partial charge in [0.05, 0.1) is 0 Å². The third-order valence-electron chi connectivity index (χ3n) is 7.14. The van der Waals surface area contributed by atoms with Crippen LogP contribution in [0.25, 0.3) is 0 Å². The maximum Gasteiger partial charge on any atom is 0.250 e. The molecule has 152 valence electrons. The Bertz CT molecular complexity index is 658. The van der Waals surface area contributed by atoms with Gasteiger partial charge in [0.2, 0.25) is 0 Å². The van der Waals surface area contributed by atoms with Gasteiger partial charge in [-0.15, -0.1) is 6.58 Å². The molecule has 0 atom stereocenters. The van der Waals surface area contributed by atoms with Gasteiger partial charge in [-0.2, -0.15) is 0 Å². The lowest BCUT2D eigenvalue weighted by Crippen LogP contribution is -2.25. The van der Waals surface area contributed by atoms with E-state index in [0.717, 1.165) is 23.4 Å². The second kappa shape index (κ2) is 10.1. The Kier molecular flexibility index (Phi) is 7.53. The number of anilines is 1. The Hall–Kier alpha value is -1.83. The molecule has 28 heavy (non-hydrogen) atoms. The van der Waals surface area contributed by atoms with E-state index in [2.05, 4.69) is 36.7 Å². The van der Waals surface area contributed by atoms with Crippen LogP contribution in [-0.2, 0) is 4.79 Å². The topological polar surface area (TPSA) is 29.1 Å². The quantitative estimate of drug-likeness (QED) is 0.392. The highest BCUT2D eigenvalue weighted by Crippen LogP contribution is 2.44. The van der Waals surface area contributed by atoms with E-state index in [1.807, 2.05) is 12.1 Å². The average molecular weight is 380 g/mol. The highest BCUT2D eigenvalue weighted by Gasteiger charge is 2.31. The van der Waals surface area contributed by atoms with Gasteiger partial charge in [0.15, 0.2) is 0 Å². The Morgan fingerprint density at radius 3 is 2.11 bits per heavy atom. The molecule has 1 N–H and O–H groups in total. The van der Waals surface area contributed by atoms with Gasteiger partial charge in [-0.25, -0.2) is 0 Å². The monoisotopic (exact) mass is 379 g/mol. The number of benzene rings is 1. The minimum atomic E-state index is -0.104. The fraction of sp³-hybridized carbons (Fsp3) is 0.577. The molecule has 0 aromatic heterocycles. The number of hydrogen-bond acceptors (Lipinski definition) is 1. The molecule has 2 saturated carbocycles. The third-order valence-corrected chi connectivity index (χ3v) is 7.14. The van der Waals surface area contributed by atoms with Crippen molar-refractivity contribution in [1.82, 2.24) is 0 Å². The normalized spacial score (nSPS) is 27.8. The summed E-state index contributed by atoms with van der Waals surface area (Å²) >= 11 is 0. The van der Waals surface area contributed by atoms with E-state index in [1.54, 1.807) is 6.92 Å². The van der Waals surface area contributed by atoms with Crippen molar-refractivity contribution in [2.75, 3.05) is 5.32 Å². The Labute approximate surface area is 171 Å². The minimum Gasteiger partial charge on any atom is -0.322 e. The van der Waals surface area contributed by atoms with Crippen LogP contribution in [0, 0.1) is 17.8 Å². The van der Waals surface area contributed by atoms with Gasteiger partial charge in [-0.1, -0.05) is 37.6 Å². The Morgan fingerprint density at radius 2 is 1.57 bits per heavy atom. The van der Waals surface area contributed by atoms with E-state index in [-0.39, 0.29) is 5.91 Å². The van der Waals surface area contributed by atoms with Crippen molar-refractivity contribution in [2.24, 2.45) is 17.8 Å². The maximum atomic E-state index is 11.7. The van der Waals surface area contributed by atoms with Gasteiger partial charge in [0.1, 0.15) is 0 Å². The summed E-state index contributed by atoms with van der Waals surface area (Å²) < 4.78 is 0. The summed E-state index contributed by atoms with van der Waals surface area (Å²) in [5, 5.41) is 2.89. The van der Waals surface area contributed by atoms with Gasteiger partial charge in [0, 0.05) is 11.3 Å². The molecule has 1 amide bonds. The van der Waals surface area contributed by atoms with Gasteiger partial charge in [0.25, 0.3) is 5.91 Å². The van der Waals surface area contributed by atoms with Gasteiger partial charge in [-0.3, -0.25) is 4.79 Å². The largest absolute Gasteiger partial charge is 0.322 e. The second-order valence-electron chi connectivity index (χ2n) is 9.11. The zero-order valence-electron chi connectivity index (χ0n) is 17.6. The first-order chi connectivity index (χ1) is 13.6. The van der Waals surface area contributed by atoms with Crippen LogP contribution < -0.4 is 5.32 Å². The van der Waals surface area contributed by atoms with E-state index in [9.17, 15) is 4.79 Å². The standard InChI is InChI=1S/C26H37NO/c1-4-5-6-20-7-9-21(10-8-20)22-11-13-23(14-12-22)24-15-17-25(18-16-24)27-26(28)19(2)3/h4,15-18,20-23H,1-2,5-14H2,3H3,(H,27,28). The highest BCUT2D eigenvalue weighted by molar-refractivity contribution is 6.02. The van der Waals surface area contributed by atoms with Gasteiger partial charge >= 0.3 is 0 Å². The first-order valence-electron chi connectivity index (χ1n) is 11.2. The molecule has 2 aliphatic rings. The summed E-state index contributed by atoms with van der Waals surface area (Å²) in [6.45, 7) is 9.29. The molecule has 3 rings (SSSR count). The summed E-state index contributed by atoms with van der Waals surface area (Å²) in [4.78, 5) is 11.7. The molecule has 0 bridgehead atoms. The lowest BCUT2D eigenvalue weighted by molar-refractivity contribution is -0.112. The molecule has 1 aromatic carbocycles. The van der Waals surface area contributed by atoms with Crippen molar-refractivity contribution >= 4 is 11.6 Å². The van der Waals surface area contributed by atoms with Crippen LogP contribution in [0.15, 0.2) is 49.1 Å². The maximum absolute atomic E-state index is 11.7. The number of hydrogen-bond donors (Lipinski definition) is 1. The number of allylic oxidation sites excluding steroid dienone is 1. The summed E-state index contributed by atoms with van der Waals surface area (Å²) in [7, 11) is 0. The Balaban J connectivity index is 1.44. The van der Waals surface area contributed by atoms with Crippen molar-refractivity contribution in [3.63, 3.8) is 0 Å². The summed E-state index contributed by atoms with van der Waals surface area (Å²) in [6.07, 6.45) is 15.8. The molecule has 2 nitrogen and oxygen atoms in total. The number of amides is 1. The minimum absolute atomic E-state index is 0.104. The van der Waals surface area contributed by atoms with Crippen LogP contribution in [0.4, 0.5) is 5.69 Å². The SMILES string of the molecule is C=CCCC1CCC(C2CCC(c3ccc(NC(=O)C(=C)C)cc3)CC2)CC1. The molecule has 0 spiro atoms. The average Bonchev–Trinajstić information content (AvgIpc) is 2.73. The van der Waals surface area contributed by atoms with E-state index >= 15 is 0 Å². The van der Waals surface area contributed by atoms with Crippen LogP contribution in [0.1, 0.15) is 82.6 Å². The molecule has 0 heterocycles. The predicted molar refractivity (Wildman–Crippen MR) is 119 cm³/mol. The van der Waals surface area contributed by atoms with E-state index < -0.39 is 0 Å². The molecular formula is C26H37NO. The van der Waals surface area contributed by atoms with Crippen molar-refractivity contribution in [1.29, 1.82) is 0 Å². The molecule has 0 saturated heterocycles. The van der Waals surface area contributed by atoms with Crippen molar-refractivity contribution in [2.45, 2.75) is 77.0 Å². The van der Waals surface area contributed by atoms with Gasteiger partial charge in [-0.05, 0) is 99.7 Å². The molecule has 2 aliphatic carbocycles. The lowest BCUT2D eigenvalue weighted by atomic mass is 9.68. The van der Waals surface area contributed by atoms with Crippen LogP contribution >= 0.6 is 0 Å². The summed E-state index contributed by atoms with van der Waals surface area (Å²) in [5.74, 6) is 3.46. The Morgan fingerprint density at radius 1 is 1.00 bits per heavy atom. The van der Waals surface area contributed by atoms with E-state index in [0.29, 0.717) is 11.5 Å². The summed E-state index contributed by atoms with van der Waals surface area (Å²) in [6, 6.07) is 8.47. The number of nitrogens with one attached hydrogen (secondary N) is 1. The van der Waals surface area contributed by atoms with Crippen LogP contribution in [-0.4, -0.2) is 5.91 Å². The second-order valence-corrected chi connectivity index (χ2v) is 9.11. The first-order valence-corrected chi connectivity index (χ1v) is 11.2. The molecule has 2 heteroatoms. The lowest BCUT2D eigenvalue weighted by Gasteiger charge is -2.38. The van der Waals surface area contributed by atoms with Crippen LogP contribution in [0.5, 0.6) is 0 Å². The van der Waals surface area contributed by atoms with Crippen LogP contribution in [0.3, 0.4) is 0 Å². The predicted octanol–water partition coefficient (Wildman–Crippen LogP) is 7.25. The fourth-order valence-electron chi connectivity index (χ4n) is 5.30. The van der Waals surface area contributed by atoms with Crippen molar-refractivity contribution in [3.8, 4) is 0 Å². The molecule has 0 aliphatic heterocycles. The fourth-order valence-corrected chi connectivity index (χ4v) is 5.30. The van der Waals surface area contributed by atoms with Crippen molar-refractivity contribution in [3.05, 3.63) is 54.6 Å². The van der Waals surface area contributed by atoms with Crippen molar-refractivity contribution < 1.29 is 4.79 Å². The third kappa shape index (κ3) is 5.59. The molecule has 2 fully saturated rings. The van der Waals surface area contributed by atoms with E-state index in [1.165, 1.54) is 69.8 Å². The zero-order valence-corrected chi connectivity index (χ0v) is 17.6. The first kappa shape index (κ1) is 20.9. The smallest absolute Gasteiger partial charge is 0.250 e.